The maximum Gasteiger partial charge on any atom is 0.407 e. The SMILES string of the molecule is COC(=O)N[C@H](CC(CCCN)c1nc2c([nH]1)C1CN=C(c3ccc4nc([C@@H]5CCCN5C(=O)[C@@H](NO)C(C)C)[nH]c4c3)C=C1C=C2)C(C)C. The first-order chi connectivity index (χ1) is 24.1. The summed E-state index contributed by atoms with van der Waals surface area (Å²) >= 11 is 0. The molecule has 2 amide bonds. The number of aromatic nitrogens is 4. The Kier molecular flexibility index (Phi) is 10.8. The van der Waals surface area contributed by atoms with Gasteiger partial charge in [-0.05, 0) is 80.3 Å². The van der Waals surface area contributed by atoms with Gasteiger partial charge in [0.05, 0.1) is 47.8 Å². The predicted molar refractivity (Wildman–Crippen MR) is 193 cm³/mol. The number of H-pyrrole nitrogens is 2. The predicted octanol–water partition coefficient (Wildman–Crippen LogP) is 5.09. The highest BCUT2D eigenvalue weighted by molar-refractivity contribution is 6.11. The molecule has 13 nitrogen and oxygen atoms in total. The Morgan fingerprint density at radius 3 is 2.68 bits per heavy atom. The quantitative estimate of drug-likeness (QED) is 0.134. The highest BCUT2D eigenvalue weighted by Crippen LogP contribution is 2.38. The molecule has 3 aliphatic rings. The summed E-state index contributed by atoms with van der Waals surface area (Å²) < 4.78 is 4.89. The molecular weight excluding hydrogens is 634 g/mol. The number of nitrogens with zero attached hydrogens (tertiary/aromatic N) is 4. The third-order valence-electron chi connectivity index (χ3n) is 10.4. The van der Waals surface area contributed by atoms with E-state index in [1.54, 1.807) is 0 Å². The van der Waals surface area contributed by atoms with E-state index in [9.17, 15) is 14.8 Å². The maximum absolute atomic E-state index is 13.3. The van der Waals surface area contributed by atoms with Crippen LogP contribution >= 0.6 is 0 Å². The number of allylic oxidation sites excluding steroid dienone is 2. The fourth-order valence-corrected chi connectivity index (χ4v) is 7.45. The topological polar surface area (TPSA) is 187 Å². The number of rotatable bonds is 13. The second-order valence-electron chi connectivity index (χ2n) is 14.4. The summed E-state index contributed by atoms with van der Waals surface area (Å²) in [6.07, 6.45) is 10.1. The summed E-state index contributed by atoms with van der Waals surface area (Å²) in [5.41, 5.74) is 14.9. The van der Waals surface area contributed by atoms with Gasteiger partial charge >= 0.3 is 6.09 Å². The average Bonchev–Trinajstić information content (AvgIpc) is 3.87. The zero-order valence-corrected chi connectivity index (χ0v) is 29.7. The van der Waals surface area contributed by atoms with Gasteiger partial charge in [-0.15, -0.1) is 0 Å². The number of methoxy groups -OCH3 is 1. The molecule has 1 aliphatic carbocycles. The lowest BCUT2D eigenvalue weighted by molar-refractivity contribution is -0.138. The first kappa shape index (κ1) is 35.5. The van der Waals surface area contributed by atoms with Gasteiger partial charge in [0.1, 0.15) is 17.7 Å². The zero-order chi connectivity index (χ0) is 35.5. The van der Waals surface area contributed by atoms with Crippen LogP contribution in [0.3, 0.4) is 0 Å². The Morgan fingerprint density at radius 2 is 1.96 bits per heavy atom. The van der Waals surface area contributed by atoms with Crippen LogP contribution in [-0.4, -0.2) is 86.6 Å². The van der Waals surface area contributed by atoms with Crippen molar-refractivity contribution in [2.24, 2.45) is 22.6 Å². The molecule has 4 heterocycles. The van der Waals surface area contributed by atoms with E-state index in [4.69, 9.17) is 25.4 Å². The number of imidazole rings is 2. The Morgan fingerprint density at radius 1 is 1.14 bits per heavy atom. The summed E-state index contributed by atoms with van der Waals surface area (Å²) in [5, 5.41) is 12.6. The van der Waals surface area contributed by atoms with Crippen molar-refractivity contribution in [1.29, 1.82) is 0 Å². The molecule has 2 aliphatic heterocycles. The number of fused-ring (bicyclic) bond motifs is 4. The van der Waals surface area contributed by atoms with Crippen molar-refractivity contribution in [2.75, 3.05) is 26.7 Å². The van der Waals surface area contributed by atoms with Crippen LogP contribution in [0.2, 0.25) is 0 Å². The average molecular weight is 686 g/mol. The Labute approximate surface area is 293 Å². The van der Waals surface area contributed by atoms with Gasteiger partial charge in [0.25, 0.3) is 0 Å². The molecule has 0 saturated carbocycles. The lowest BCUT2D eigenvalue weighted by Crippen LogP contribution is -2.48. The van der Waals surface area contributed by atoms with Gasteiger partial charge in [-0.25, -0.2) is 14.8 Å². The van der Waals surface area contributed by atoms with Crippen LogP contribution in [-0.2, 0) is 9.53 Å². The number of benzene rings is 1. The molecule has 7 N–H and O–H groups in total. The molecule has 0 radical (unpaired) electrons. The van der Waals surface area contributed by atoms with Gasteiger partial charge in [0.2, 0.25) is 5.91 Å². The molecule has 5 atom stereocenters. The van der Waals surface area contributed by atoms with Crippen LogP contribution in [0.1, 0.15) is 106 Å². The number of carbonyl (C=O) groups excluding carboxylic acids is 2. The molecule has 13 heteroatoms. The number of nitrogens with two attached hydrogens (primary N) is 1. The lowest BCUT2D eigenvalue weighted by Gasteiger charge is -2.28. The molecule has 6 rings (SSSR count). The standard InChI is InChI=1S/C37H51N9O4/c1-20(2)28(43-37(48)50-5)18-24(8-6-14-38)34-41-27-13-10-22-16-29(39-19-25(22)33(27)44-34)23-11-12-26-30(17-23)42-35(40-26)31-9-7-15-46(31)36(47)32(45-49)21(3)4/h10-13,16-17,20-21,24-25,28,31-32,45,49H,6-9,14-15,18-19,38H2,1-5H3,(H,40,42)(H,41,44)(H,43,48)/t24?,25?,28-,31+,32+/m1/s1. The van der Waals surface area contributed by atoms with Gasteiger partial charge < -0.3 is 35.9 Å². The number of ether oxygens (including phenoxy) is 1. The number of aliphatic imine (C=N–C) groups is 1. The van der Waals surface area contributed by atoms with Crippen molar-refractivity contribution < 1.29 is 19.5 Å². The first-order valence-electron chi connectivity index (χ1n) is 17.9. The second kappa shape index (κ2) is 15.3. The molecule has 1 saturated heterocycles. The molecule has 0 bridgehead atoms. The van der Waals surface area contributed by atoms with E-state index in [1.807, 2.05) is 30.9 Å². The summed E-state index contributed by atoms with van der Waals surface area (Å²) in [7, 11) is 1.39. The van der Waals surface area contributed by atoms with Crippen molar-refractivity contribution in [3.8, 4) is 0 Å². The monoisotopic (exact) mass is 685 g/mol. The molecule has 1 fully saturated rings. The van der Waals surface area contributed by atoms with Crippen LogP contribution in [0.4, 0.5) is 4.79 Å². The third kappa shape index (κ3) is 7.26. The van der Waals surface area contributed by atoms with Gasteiger partial charge in [-0.3, -0.25) is 9.79 Å². The van der Waals surface area contributed by atoms with Crippen molar-refractivity contribution in [3.63, 3.8) is 0 Å². The fourth-order valence-electron chi connectivity index (χ4n) is 7.45. The van der Waals surface area contributed by atoms with Crippen LogP contribution < -0.4 is 16.5 Å². The number of aromatic amines is 2. The van der Waals surface area contributed by atoms with Crippen LogP contribution in [0.5, 0.6) is 0 Å². The molecular formula is C37H51N9O4. The Hall–Kier alpha value is -4.33. The number of nitrogens with one attached hydrogen (secondary N) is 4. The van der Waals surface area contributed by atoms with Crippen molar-refractivity contribution in [2.45, 2.75) is 89.8 Å². The van der Waals surface area contributed by atoms with Crippen LogP contribution in [0.15, 0.2) is 40.9 Å². The van der Waals surface area contributed by atoms with Gasteiger partial charge in [0, 0.05) is 30.0 Å². The number of likely N-dealkylation sites (tertiary alicyclic amines) is 1. The molecule has 1 aromatic carbocycles. The number of hydroxylamine groups is 1. The minimum Gasteiger partial charge on any atom is -0.453 e. The first-order valence-corrected chi connectivity index (χ1v) is 17.9. The summed E-state index contributed by atoms with van der Waals surface area (Å²) in [5.74, 6) is 1.91. The van der Waals surface area contributed by atoms with E-state index in [-0.39, 0.29) is 41.7 Å². The van der Waals surface area contributed by atoms with Crippen LogP contribution in [0, 0.1) is 11.8 Å². The van der Waals surface area contributed by atoms with Gasteiger partial charge in [-0.2, -0.15) is 5.48 Å². The summed E-state index contributed by atoms with van der Waals surface area (Å²) in [6.45, 7) is 9.84. The van der Waals surface area contributed by atoms with E-state index >= 15 is 0 Å². The normalized spacial score (nSPS) is 20.4. The third-order valence-corrected chi connectivity index (χ3v) is 10.4. The van der Waals surface area contributed by atoms with E-state index in [2.05, 4.69) is 58.9 Å². The molecule has 3 aromatic rings. The van der Waals surface area contributed by atoms with Crippen molar-refractivity contribution >= 4 is 34.8 Å². The largest absolute Gasteiger partial charge is 0.453 e. The van der Waals surface area contributed by atoms with Gasteiger partial charge in [-0.1, -0.05) is 39.8 Å². The van der Waals surface area contributed by atoms with E-state index < -0.39 is 12.1 Å². The smallest absolute Gasteiger partial charge is 0.407 e. The molecule has 50 heavy (non-hydrogen) atoms. The molecule has 0 spiro atoms. The highest BCUT2D eigenvalue weighted by atomic mass is 16.5. The minimum atomic E-state index is -0.656. The summed E-state index contributed by atoms with van der Waals surface area (Å²) in [6, 6.07) is 5.24. The fraction of sp³-hybridized carbons (Fsp3) is 0.541. The molecule has 2 unspecified atom stereocenters. The zero-order valence-electron chi connectivity index (χ0n) is 29.7. The Balaban J connectivity index is 1.20. The van der Waals surface area contributed by atoms with Crippen molar-refractivity contribution in [1.82, 2.24) is 35.6 Å². The second-order valence-corrected chi connectivity index (χ2v) is 14.4. The molecule has 268 valence electrons. The number of hydrogen-bond acceptors (Lipinski definition) is 9. The van der Waals surface area contributed by atoms with Crippen molar-refractivity contribution in [3.05, 3.63) is 64.5 Å². The number of dihydropyridines is 1. The van der Waals surface area contributed by atoms with E-state index in [0.29, 0.717) is 19.6 Å². The number of amides is 2. The van der Waals surface area contributed by atoms with Gasteiger partial charge in [0.15, 0.2) is 0 Å². The maximum atomic E-state index is 13.3. The van der Waals surface area contributed by atoms with Crippen LogP contribution in [0.25, 0.3) is 17.1 Å². The minimum absolute atomic E-state index is 0.0459. The summed E-state index contributed by atoms with van der Waals surface area (Å²) in [4.78, 5) is 49.3. The highest BCUT2D eigenvalue weighted by Gasteiger charge is 2.37. The number of hydrogen-bond donors (Lipinski definition) is 6. The molecule has 2 aromatic heterocycles. The Bertz CT molecular complexity index is 1790. The number of carbonyl (C=O) groups is 2. The van der Waals surface area contributed by atoms with E-state index in [1.165, 1.54) is 12.7 Å². The number of alkyl carbamates (subject to hydrolysis) is 1. The van der Waals surface area contributed by atoms with E-state index in [0.717, 1.165) is 77.4 Å². The lowest BCUT2D eigenvalue weighted by atomic mass is 9.86.